The highest BCUT2D eigenvalue weighted by Gasteiger charge is 2.51. The van der Waals surface area contributed by atoms with E-state index < -0.39 is 20.1 Å². The van der Waals surface area contributed by atoms with Crippen molar-refractivity contribution in [1.29, 1.82) is 0 Å². The van der Waals surface area contributed by atoms with Crippen LogP contribution in [0.1, 0.15) is 15.6 Å². The van der Waals surface area contributed by atoms with E-state index in [9.17, 15) is 13.3 Å². The first kappa shape index (κ1) is 13.7. The lowest BCUT2D eigenvalue weighted by Gasteiger charge is -2.32. The molecule has 0 bridgehead atoms. The number of thiazole rings is 1. The van der Waals surface area contributed by atoms with Gasteiger partial charge in [0.2, 0.25) is 0 Å². The second kappa shape index (κ2) is 4.78. The molecule has 0 aromatic carbocycles. The average Bonchev–Trinajstić information content (AvgIpc) is 2.56. The van der Waals surface area contributed by atoms with E-state index in [0.717, 1.165) is 0 Å². The van der Waals surface area contributed by atoms with Gasteiger partial charge in [-0.25, -0.2) is 4.90 Å². The Labute approximate surface area is 105 Å². The Bertz CT molecular complexity index is 457. The van der Waals surface area contributed by atoms with Gasteiger partial charge in [0.1, 0.15) is 0 Å². The third-order valence-corrected chi connectivity index (χ3v) is 3.83. The molecule has 0 saturated heterocycles. The number of alkyl halides is 2. The molecule has 2 rings (SSSR count). The fourth-order valence-corrected chi connectivity index (χ4v) is 2.84. The van der Waals surface area contributed by atoms with Crippen molar-refractivity contribution in [3.63, 3.8) is 0 Å². The topological polar surface area (TPSA) is 56.8 Å². The lowest BCUT2D eigenvalue weighted by Crippen LogP contribution is -2.48. The average molecular weight is 283 g/mol. The first-order valence-electron chi connectivity index (χ1n) is 5.15. The van der Waals surface area contributed by atoms with Crippen LogP contribution >= 0.6 is 11.3 Å². The van der Waals surface area contributed by atoms with Gasteiger partial charge in [-0.3, -0.25) is 0 Å². The molecule has 1 aliphatic heterocycles. The molecular formula is C8H11BF3N2O3S+. The maximum Gasteiger partial charge on any atom is 0.634 e. The number of hydrogen-bond donors (Lipinski definition) is 2. The Morgan fingerprint density at radius 2 is 2.22 bits per heavy atom. The predicted molar refractivity (Wildman–Crippen MR) is 56.2 cm³/mol. The fourth-order valence-electron chi connectivity index (χ4n) is 1.80. The van der Waals surface area contributed by atoms with Gasteiger partial charge in [0.05, 0.1) is 17.6 Å². The van der Waals surface area contributed by atoms with Crippen LogP contribution in [0.5, 0.6) is 0 Å². The number of hydrogen-bond acceptors (Lipinski definition) is 5. The SMILES string of the molecule is Cc1sc2c([n+]1F)CCN(COB(O)O)C2(F)F. The summed E-state index contributed by atoms with van der Waals surface area (Å²) in [4.78, 5) is 0.530. The number of rotatable bonds is 3. The lowest BCUT2D eigenvalue weighted by atomic mass is 10.1. The van der Waals surface area contributed by atoms with Gasteiger partial charge in [0.25, 0.3) is 10.7 Å². The zero-order chi connectivity index (χ0) is 13.5. The minimum atomic E-state index is -3.38. The van der Waals surface area contributed by atoms with Crippen LogP contribution in [0.3, 0.4) is 0 Å². The first-order chi connectivity index (χ1) is 8.34. The van der Waals surface area contributed by atoms with Crippen molar-refractivity contribution in [2.24, 2.45) is 0 Å². The highest BCUT2D eigenvalue weighted by molar-refractivity contribution is 7.11. The molecule has 1 aromatic heterocycles. The largest absolute Gasteiger partial charge is 0.634 e. The van der Waals surface area contributed by atoms with E-state index >= 15 is 0 Å². The summed E-state index contributed by atoms with van der Waals surface area (Å²) >= 11 is 0.677. The van der Waals surface area contributed by atoms with Gasteiger partial charge in [0.15, 0.2) is 4.88 Å². The first-order valence-corrected chi connectivity index (χ1v) is 5.97. The summed E-state index contributed by atoms with van der Waals surface area (Å²) in [5, 5.41) is 17.1. The number of halogens is 3. The molecule has 0 atom stereocenters. The molecule has 1 aromatic rings. The van der Waals surface area contributed by atoms with Gasteiger partial charge < -0.3 is 14.7 Å². The van der Waals surface area contributed by atoms with Gasteiger partial charge >= 0.3 is 13.4 Å². The molecule has 1 aliphatic rings. The minimum Gasteiger partial charge on any atom is -0.402 e. The molecule has 5 nitrogen and oxygen atoms in total. The maximum atomic E-state index is 14.0. The van der Waals surface area contributed by atoms with E-state index in [1.54, 1.807) is 0 Å². The fraction of sp³-hybridized carbons (Fsp3) is 0.625. The Kier molecular flexibility index (Phi) is 3.65. The molecule has 100 valence electrons. The summed E-state index contributed by atoms with van der Waals surface area (Å²) in [7, 11) is -2.11. The van der Waals surface area contributed by atoms with Crippen molar-refractivity contribution in [3.05, 3.63) is 15.6 Å². The molecule has 10 heteroatoms. The van der Waals surface area contributed by atoms with Crippen LogP contribution in [-0.2, 0) is 17.1 Å². The summed E-state index contributed by atoms with van der Waals surface area (Å²) in [6.45, 7) is 0.636. The van der Waals surface area contributed by atoms with Crippen LogP contribution in [0.2, 0.25) is 0 Å². The van der Waals surface area contributed by atoms with Crippen molar-refractivity contribution in [2.75, 3.05) is 13.3 Å². The zero-order valence-electron chi connectivity index (χ0n) is 9.44. The van der Waals surface area contributed by atoms with E-state index in [0.29, 0.717) is 16.2 Å². The summed E-state index contributed by atoms with van der Waals surface area (Å²) in [6.07, 6.45) is 0.108. The maximum absolute atomic E-state index is 14.0. The molecule has 0 fully saturated rings. The minimum absolute atomic E-state index is 0.0386. The second-order valence-electron chi connectivity index (χ2n) is 3.85. The summed E-state index contributed by atoms with van der Waals surface area (Å²) in [6, 6.07) is -3.38. The van der Waals surface area contributed by atoms with Crippen LogP contribution in [0.25, 0.3) is 0 Å². The zero-order valence-corrected chi connectivity index (χ0v) is 10.3. The van der Waals surface area contributed by atoms with E-state index in [2.05, 4.69) is 4.65 Å². The Morgan fingerprint density at radius 1 is 1.56 bits per heavy atom. The van der Waals surface area contributed by atoms with Gasteiger partial charge in [-0.2, -0.15) is 8.78 Å². The van der Waals surface area contributed by atoms with Crippen LogP contribution in [0.4, 0.5) is 13.3 Å². The van der Waals surface area contributed by atoms with Crippen LogP contribution in [-0.4, -0.2) is 35.5 Å². The molecular weight excluding hydrogens is 272 g/mol. The molecule has 0 radical (unpaired) electrons. The number of fused-ring (bicyclic) bond motifs is 1. The molecule has 0 unspecified atom stereocenters. The summed E-state index contributed by atoms with van der Waals surface area (Å²) in [5.41, 5.74) is -0.0386. The van der Waals surface area contributed by atoms with Gasteiger partial charge in [0, 0.05) is 18.3 Å². The Balaban J connectivity index is 2.25. The Hall–Kier alpha value is -0.675. The standard InChI is InChI=1S/C8H11BF3N2O3S/c1-5-14(12)6-2-3-13(4-17-9(15)16)8(10,11)7(6)18-5/h15-16H,2-4H2,1H3/q+1. The van der Waals surface area contributed by atoms with E-state index in [1.807, 2.05) is 0 Å². The van der Waals surface area contributed by atoms with Crippen molar-refractivity contribution in [1.82, 2.24) is 4.90 Å². The number of aromatic nitrogens is 1. The highest BCUT2D eigenvalue weighted by Crippen LogP contribution is 2.40. The molecule has 0 aliphatic carbocycles. The Morgan fingerprint density at radius 3 is 2.83 bits per heavy atom. The van der Waals surface area contributed by atoms with Crippen molar-refractivity contribution >= 4 is 18.7 Å². The predicted octanol–water partition coefficient (Wildman–Crippen LogP) is -0.0724. The van der Waals surface area contributed by atoms with Gasteiger partial charge in [-0.05, 0) is 0 Å². The third-order valence-electron chi connectivity index (χ3n) is 2.69. The van der Waals surface area contributed by atoms with Crippen LogP contribution in [0.15, 0.2) is 0 Å². The second-order valence-corrected chi connectivity index (χ2v) is 5.06. The van der Waals surface area contributed by atoms with Gasteiger partial charge in [-0.15, -0.1) is 0 Å². The van der Waals surface area contributed by atoms with Gasteiger partial charge in [-0.1, -0.05) is 11.3 Å². The third kappa shape index (κ3) is 2.26. The monoisotopic (exact) mass is 283 g/mol. The van der Waals surface area contributed by atoms with E-state index in [1.165, 1.54) is 6.92 Å². The molecule has 2 heterocycles. The van der Waals surface area contributed by atoms with Crippen LogP contribution < -0.4 is 4.79 Å². The highest BCUT2D eigenvalue weighted by atomic mass is 32.1. The van der Waals surface area contributed by atoms with Crippen molar-refractivity contribution in [2.45, 2.75) is 19.4 Å². The van der Waals surface area contributed by atoms with Crippen molar-refractivity contribution in [3.8, 4) is 0 Å². The van der Waals surface area contributed by atoms with E-state index in [4.69, 9.17) is 10.0 Å². The van der Waals surface area contributed by atoms with Crippen molar-refractivity contribution < 1.29 is 32.8 Å². The number of nitrogens with zero attached hydrogens (tertiary/aromatic N) is 2. The molecule has 2 N–H and O–H groups in total. The number of aryl methyl sites for hydroxylation is 1. The van der Waals surface area contributed by atoms with Crippen LogP contribution in [0, 0.1) is 6.92 Å². The lowest BCUT2D eigenvalue weighted by molar-refractivity contribution is -0.850. The summed E-state index contributed by atoms with van der Waals surface area (Å²) in [5.74, 6) is 0. The summed E-state index contributed by atoms with van der Waals surface area (Å²) < 4.78 is 45.9. The molecule has 0 amide bonds. The normalized spacial score (nSPS) is 18.8. The quantitative estimate of drug-likeness (QED) is 0.602. The molecule has 18 heavy (non-hydrogen) atoms. The van der Waals surface area contributed by atoms with E-state index in [-0.39, 0.29) is 33.3 Å². The molecule has 0 saturated carbocycles. The molecule has 0 spiro atoms. The smallest absolute Gasteiger partial charge is 0.402 e.